The Labute approximate surface area is 127 Å². The molecule has 0 amide bonds. The number of nitro benzene ring substituents is 1. The highest BCUT2D eigenvalue weighted by Crippen LogP contribution is 2.32. The first-order valence-corrected chi connectivity index (χ1v) is 6.73. The molecule has 6 heteroatoms. The molecule has 0 aromatic heterocycles. The monoisotopic (exact) mass is 306 g/mol. The summed E-state index contributed by atoms with van der Waals surface area (Å²) in [5.41, 5.74) is 2.37. The van der Waals surface area contributed by atoms with Crippen LogP contribution in [0.4, 0.5) is 11.4 Å². The second-order valence-electron chi connectivity index (χ2n) is 4.50. The highest BCUT2D eigenvalue weighted by atomic mass is 35.5. The van der Waals surface area contributed by atoms with Gasteiger partial charge in [0.2, 0.25) is 0 Å². The Bertz CT molecular complexity index is 647. The van der Waals surface area contributed by atoms with Crippen molar-refractivity contribution in [1.82, 2.24) is 0 Å². The molecule has 21 heavy (non-hydrogen) atoms. The van der Waals surface area contributed by atoms with E-state index in [1.54, 1.807) is 19.2 Å². The average Bonchev–Trinajstić information content (AvgIpc) is 2.45. The molecular formula is C15H15ClN2O3. The van der Waals surface area contributed by atoms with Crippen molar-refractivity contribution < 1.29 is 9.66 Å². The quantitative estimate of drug-likeness (QED) is 0.647. The molecule has 0 aliphatic rings. The van der Waals surface area contributed by atoms with Crippen LogP contribution in [0.2, 0.25) is 5.02 Å². The first kappa shape index (κ1) is 15.3. The number of nitrogens with one attached hydrogen (secondary N) is 1. The summed E-state index contributed by atoms with van der Waals surface area (Å²) in [7, 11) is 1.64. The van der Waals surface area contributed by atoms with E-state index < -0.39 is 4.92 Å². The summed E-state index contributed by atoms with van der Waals surface area (Å²) in [4.78, 5) is 10.6. The van der Waals surface area contributed by atoms with E-state index in [1.165, 1.54) is 6.07 Å². The maximum atomic E-state index is 11.1. The Hall–Kier alpha value is -2.11. The fourth-order valence-electron chi connectivity index (χ4n) is 2.04. The SMILES string of the molecule is COCc1cccc(CNc2cccc(Cl)c2[N+](=O)[O-])c1. The molecule has 2 aromatic carbocycles. The van der Waals surface area contributed by atoms with Crippen molar-refractivity contribution in [2.75, 3.05) is 12.4 Å². The topological polar surface area (TPSA) is 64.4 Å². The van der Waals surface area contributed by atoms with Gasteiger partial charge in [0.05, 0.1) is 11.5 Å². The van der Waals surface area contributed by atoms with Gasteiger partial charge in [-0.25, -0.2) is 0 Å². The van der Waals surface area contributed by atoms with Gasteiger partial charge in [-0.05, 0) is 23.3 Å². The number of methoxy groups -OCH3 is 1. The molecule has 0 spiro atoms. The number of para-hydroxylation sites is 1. The Kier molecular flexibility index (Phi) is 5.14. The van der Waals surface area contributed by atoms with E-state index >= 15 is 0 Å². The average molecular weight is 307 g/mol. The summed E-state index contributed by atoms with van der Waals surface area (Å²) in [5, 5.41) is 14.2. The van der Waals surface area contributed by atoms with Crippen LogP contribution < -0.4 is 5.32 Å². The Morgan fingerprint density at radius 3 is 2.67 bits per heavy atom. The van der Waals surface area contributed by atoms with Crippen molar-refractivity contribution in [1.29, 1.82) is 0 Å². The summed E-state index contributed by atoms with van der Waals surface area (Å²) in [6.07, 6.45) is 0. The standard InChI is InChI=1S/C15H15ClN2O3/c1-21-10-12-5-2-4-11(8-12)9-17-14-7-3-6-13(16)15(14)18(19)20/h2-8,17H,9-10H2,1H3. The van der Waals surface area contributed by atoms with Crippen LogP contribution in [0.5, 0.6) is 0 Å². The predicted molar refractivity (Wildman–Crippen MR) is 82.6 cm³/mol. The van der Waals surface area contributed by atoms with Crippen molar-refractivity contribution in [2.45, 2.75) is 13.2 Å². The van der Waals surface area contributed by atoms with Gasteiger partial charge >= 0.3 is 5.69 Å². The lowest BCUT2D eigenvalue weighted by molar-refractivity contribution is -0.383. The lowest BCUT2D eigenvalue weighted by Crippen LogP contribution is -2.03. The van der Waals surface area contributed by atoms with Crippen LogP contribution in [0.15, 0.2) is 42.5 Å². The maximum absolute atomic E-state index is 11.1. The molecule has 110 valence electrons. The Balaban J connectivity index is 2.15. The zero-order valence-corrected chi connectivity index (χ0v) is 12.3. The number of rotatable bonds is 6. The predicted octanol–water partition coefficient (Wildman–Crippen LogP) is 4.01. The first-order chi connectivity index (χ1) is 10.1. The molecule has 0 atom stereocenters. The Morgan fingerprint density at radius 2 is 1.95 bits per heavy atom. The maximum Gasteiger partial charge on any atom is 0.310 e. The van der Waals surface area contributed by atoms with Gasteiger partial charge in [-0.1, -0.05) is 41.9 Å². The van der Waals surface area contributed by atoms with E-state index in [9.17, 15) is 10.1 Å². The molecule has 0 heterocycles. The molecule has 0 fully saturated rings. The summed E-state index contributed by atoms with van der Waals surface area (Å²) in [5.74, 6) is 0. The normalized spacial score (nSPS) is 10.4. The van der Waals surface area contributed by atoms with E-state index in [1.807, 2.05) is 24.3 Å². The van der Waals surface area contributed by atoms with Crippen molar-refractivity contribution in [3.8, 4) is 0 Å². The van der Waals surface area contributed by atoms with E-state index in [2.05, 4.69) is 5.32 Å². The van der Waals surface area contributed by atoms with Gasteiger partial charge in [-0.3, -0.25) is 10.1 Å². The smallest absolute Gasteiger partial charge is 0.310 e. The molecule has 2 rings (SSSR count). The van der Waals surface area contributed by atoms with Gasteiger partial charge < -0.3 is 10.1 Å². The highest BCUT2D eigenvalue weighted by molar-refractivity contribution is 6.33. The molecule has 0 bridgehead atoms. The van der Waals surface area contributed by atoms with Gasteiger partial charge in [-0.2, -0.15) is 0 Å². The van der Waals surface area contributed by atoms with Crippen molar-refractivity contribution in [3.05, 3.63) is 68.7 Å². The van der Waals surface area contributed by atoms with E-state index in [4.69, 9.17) is 16.3 Å². The van der Waals surface area contributed by atoms with Gasteiger partial charge in [0.1, 0.15) is 10.7 Å². The van der Waals surface area contributed by atoms with Crippen LogP contribution in [0, 0.1) is 10.1 Å². The molecule has 5 nitrogen and oxygen atoms in total. The number of benzene rings is 2. The van der Waals surface area contributed by atoms with Crippen molar-refractivity contribution in [2.24, 2.45) is 0 Å². The molecule has 0 unspecified atom stereocenters. The minimum absolute atomic E-state index is 0.104. The van der Waals surface area contributed by atoms with E-state index in [-0.39, 0.29) is 10.7 Å². The zero-order valence-electron chi connectivity index (χ0n) is 11.5. The van der Waals surface area contributed by atoms with Crippen LogP contribution in [0.1, 0.15) is 11.1 Å². The molecule has 0 saturated heterocycles. The zero-order chi connectivity index (χ0) is 15.2. The van der Waals surface area contributed by atoms with Crippen LogP contribution in [-0.4, -0.2) is 12.0 Å². The molecular weight excluding hydrogens is 292 g/mol. The largest absolute Gasteiger partial charge is 0.380 e. The number of hydrogen-bond donors (Lipinski definition) is 1. The van der Waals surface area contributed by atoms with Gasteiger partial charge in [0, 0.05) is 13.7 Å². The summed E-state index contributed by atoms with van der Waals surface area (Å²) >= 11 is 5.87. The van der Waals surface area contributed by atoms with Crippen LogP contribution in [-0.2, 0) is 17.9 Å². The van der Waals surface area contributed by atoms with E-state index in [0.717, 1.165) is 11.1 Å². The fourth-order valence-corrected chi connectivity index (χ4v) is 2.28. The second-order valence-corrected chi connectivity index (χ2v) is 4.91. The molecule has 0 aliphatic heterocycles. The van der Waals surface area contributed by atoms with Gasteiger partial charge in [-0.15, -0.1) is 0 Å². The lowest BCUT2D eigenvalue weighted by Gasteiger charge is -2.09. The van der Waals surface area contributed by atoms with Crippen LogP contribution in [0.3, 0.4) is 0 Å². The summed E-state index contributed by atoms with van der Waals surface area (Å²) in [6, 6.07) is 12.7. The Morgan fingerprint density at radius 1 is 1.24 bits per heavy atom. The molecule has 0 saturated carbocycles. The number of anilines is 1. The van der Waals surface area contributed by atoms with Crippen molar-refractivity contribution >= 4 is 23.0 Å². The second kappa shape index (κ2) is 7.06. The number of nitrogens with zero attached hydrogens (tertiary/aromatic N) is 1. The van der Waals surface area contributed by atoms with Crippen LogP contribution >= 0.6 is 11.6 Å². The van der Waals surface area contributed by atoms with Gasteiger partial charge in [0.15, 0.2) is 0 Å². The molecule has 0 aliphatic carbocycles. The third-order valence-electron chi connectivity index (χ3n) is 2.95. The number of nitro groups is 1. The minimum atomic E-state index is -0.480. The van der Waals surface area contributed by atoms with Crippen molar-refractivity contribution in [3.63, 3.8) is 0 Å². The first-order valence-electron chi connectivity index (χ1n) is 6.35. The summed E-state index contributed by atoms with van der Waals surface area (Å²) < 4.78 is 5.08. The van der Waals surface area contributed by atoms with Gasteiger partial charge in [0.25, 0.3) is 0 Å². The summed E-state index contributed by atoms with van der Waals surface area (Å²) in [6.45, 7) is 1.00. The third kappa shape index (κ3) is 3.93. The lowest BCUT2D eigenvalue weighted by atomic mass is 10.1. The minimum Gasteiger partial charge on any atom is -0.380 e. The number of hydrogen-bond acceptors (Lipinski definition) is 4. The highest BCUT2D eigenvalue weighted by Gasteiger charge is 2.17. The molecule has 0 radical (unpaired) electrons. The number of ether oxygens (including phenoxy) is 1. The number of halogens is 1. The van der Waals surface area contributed by atoms with E-state index in [0.29, 0.717) is 18.8 Å². The molecule has 2 aromatic rings. The molecule has 1 N–H and O–H groups in total. The van der Waals surface area contributed by atoms with Crippen LogP contribution in [0.25, 0.3) is 0 Å². The fraction of sp³-hybridized carbons (Fsp3) is 0.200. The third-order valence-corrected chi connectivity index (χ3v) is 3.26.